The Kier molecular flexibility index (Phi) is 6.16. The second kappa shape index (κ2) is 8.76. The molecule has 1 fully saturated rings. The lowest BCUT2D eigenvalue weighted by atomic mass is 9.98. The van der Waals surface area contributed by atoms with Gasteiger partial charge in [0.1, 0.15) is 5.82 Å². The topological polar surface area (TPSA) is 18.5 Å². The maximum Gasteiger partial charge on any atom is 0.123 e. The molecule has 0 saturated carbocycles. The lowest BCUT2D eigenvalue weighted by Crippen LogP contribution is -1.97. The Balaban J connectivity index is 1.34. The van der Waals surface area contributed by atoms with E-state index in [9.17, 15) is 4.39 Å². The van der Waals surface area contributed by atoms with Gasteiger partial charge in [0.15, 0.2) is 0 Å². The van der Waals surface area contributed by atoms with Gasteiger partial charge in [-0.2, -0.15) is 0 Å². The monoisotopic (exact) mass is 326 g/mol. The van der Waals surface area contributed by atoms with Crippen LogP contribution in [0, 0.1) is 11.7 Å². The van der Waals surface area contributed by atoms with Crippen LogP contribution in [0.4, 0.5) is 4.39 Å². The first kappa shape index (κ1) is 16.9. The number of rotatable bonds is 7. The smallest absolute Gasteiger partial charge is 0.123 e. The SMILES string of the molecule is Fc1ccc([C@H]2C[C@H](CC=CCOCc3ccccc3)CO2)cc1. The molecule has 0 unspecified atom stereocenters. The molecule has 2 aromatic rings. The number of hydrogen-bond acceptors (Lipinski definition) is 2. The second-order valence-electron chi connectivity index (χ2n) is 6.18. The van der Waals surface area contributed by atoms with Crippen LogP contribution in [0.5, 0.6) is 0 Å². The molecule has 2 atom stereocenters. The minimum Gasteiger partial charge on any atom is -0.373 e. The van der Waals surface area contributed by atoms with Gasteiger partial charge in [0, 0.05) is 0 Å². The molecule has 3 heteroatoms. The molecule has 24 heavy (non-hydrogen) atoms. The Hall–Kier alpha value is -1.97. The van der Waals surface area contributed by atoms with Crippen LogP contribution in [0.2, 0.25) is 0 Å². The molecular weight excluding hydrogens is 303 g/mol. The first-order valence-corrected chi connectivity index (χ1v) is 8.45. The van der Waals surface area contributed by atoms with Gasteiger partial charge < -0.3 is 9.47 Å². The first-order chi connectivity index (χ1) is 11.8. The number of allylic oxidation sites excluding steroid dienone is 1. The summed E-state index contributed by atoms with van der Waals surface area (Å²) >= 11 is 0. The fourth-order valence-corrected chi connectivity index (χ4v) is 2.94. The predicted molar refractivity (Wildman–Crippen MR) is 93.1 cm³/mol. The van der Waals surface area contributed by atoms with Crippen molar-refractivity contribution in [1.29, 1.82) is 0 Å². The van der Waals surface area contributed by atoms with Crippen LogP contribution in [0.25, 0.3) is 0 Å². The fraction of sp³-hybridized carbons (Fsp3) is 0.333. The average molecular weight is 326 g/mol. The fourth-order valence-electron chi connectivity index (χ4n) is 2.94. The van der Waals surface area contributed by atoms with Gasteiger partial charge in [-0.1, -0.05) is 54.6 Å². The standard InChI is InChI=1S/C21H23FO2/c22-20-11-9-19(10-12-20)21-14-18(16-24-21)8-4-5-13-23-15-17-6-2-1-3-7-17/h1-7,9-12,18,21H,8,13-16H2/t18-,21+/m0/s1. The van der Waals surface area contributed by atoms with Crippen molar-refractivity contribution >= 4 is 0 Å². The zero-order valence-electron chi connectivity index (χ0n) is 13.7. The summed E-state index contributed by atoms with van der Waals surface area (Å²) in [6.07, 6.45) is 6.33. The quantitative estimate of drug-likeness (QED) is 0.522. The van der Waals surface area contributed by atoms with Crippen LogP contribution in [0.15, 0.2) is 66.7 Å². The summed E-state index contributed by atoms with van der Waals surface area (Å²) in [5.74, 6) is 0.317. The zero-order chi connectivity index (χ0) is 16.6. The van der Waals surface area contributed by atoms with Crippen molar-refractivity contribution in [3.05, 3.63) is 83.7 Å². The zero-order valence-corrected chi connectivity index (χ0v) is 13.7. The molecule has 0 amide bonds. The molecule has 1 saturated heterocycles. The lowest BCUT2D eigenvalue weighted by molar-refractivity contribution is 0.107. The van der Waals surface area contributed by atoms with Crippen LogP contribution in [0.3, 0.4) is 0 Å². The number of halogens is 1. The molecule has 0 aromatic heterocycles. The van der Waals surface area contributed by atoms with Crippen molar-refractivity contribution in [2.75, 3.05) is 13.2 Å². The van der Waals surface area contributed by atoms with E-state index < -0.39 is 0 Å². The molecule has 0 aliphatic carbocycles. The molecule has 3 rings (SSSR count). The van der Waals surface area contributed by atoms with E-state index in [1.54, 1.807) is 0 Å². The highest BCUT2D eigenvalue weighted by atomic mass is 19.1. The Morgan fingerprint density at radius 2 is 1.83 bits per heavy atom. The predicted octanol–water partition coefficient (Wildman–Crippen LogP) is 5.07. The van der Waals surface area contributed by atoms with E-state index in [-0.39, 0.29) is 11.9 Å². The first-order valence-electron chi connectivity index (χ1n) is 8.45. The Bertz CT molecular complexity index is 637. The van der Waals surface area contributed by atoms with E-state index >= 15 is 0 Å². The molecule has 1 aliphatic rings. The van der Waals surface area contributed by atoms with Crippen molar-refractivity contribution in [3.63, 3.8) is 0 Å². The van der Waals surface area contributed by atoms with Crippen LogP contribution < -0.4 is 0 Å². The summed E-state index contributed by atoms with van der Waals surface area (Å²) in [7, 11) is 0. The van der Waals surface area contributed by atoms with Crippen molar-refractivity contribution in [2.24, 2.45) is 5.92 Å². The summed E-state index contributed by atoms with van der Waals surface area (Å²) in [4.78, 5) is 0. The molecule has 0 bridgehead atoms. The van der Waals surface area contributed by atoms with E-state index in [1.807, 2.05) is 30.3 Å². The minimum absolute atomic E-state index is 0.0957. The number of hydrogen-bond donors (Lipinski definition) is 0. The lowest BCUT2D eigenvalue weighted by Gasteiger charge is -2.09. The highest BCUT2D eigenvalue weighted by Crippen LogP contribution is 2.34. The largest absolute Gasteiger partial charge is 0.373 e. The number of benzene rings is 2. The summed E-state index contributed by atoms with van der Waals surface area (Å²) < 4.78 is 24.4. The maximum atomic E-state index is 13.0. The van der Waals surface area contributed by atoms with Crippen molar-refractivity contribution < 1.29 is 13.9 Å². The Morgan fingerprint density at radius 1 is 1.04 bits per heavy atom. The molecule has 2 nitrogen and oxygen atoms in total. The number of ether oxygens (including phenoxy) is 2. The van der Waals surface area contributed by atoms with Crippen molar-refractivity contribution in [3.8, 4) is 0 Å². The summed E-state index contributed by atoms with van der Waals surface area (Å²) in [6.45, 7) is 2.03. The van der Waals surface area contributed by atoms with Gasteiger partial charge in [-0.15, -0.1) is 0 Å². The van der Waals surface area contributed by atoms with Crippen molar-refractivity contribution in [2.45, 2.75) is 25.6 Å². The highest BCUT2D eigenvalue weighted by Gasteiger charge is 2.25. The van der Waals surface area contributed by atoms with E-state index in [4.69, 9.17) is 9.47 Å². The van der Waals surface area contributed by atoms with Crippen LogP contribution in [0.1, 0.15) is 30.1 Å². The van der Waals surface area contributed by atoms with Gasteiger partial charge in [0.2, 0.25) is 0 Å². The molecule has 1 aliphatic heterocycles. The van der Waals surface area contributed by atoms with E-state index in [0.717, 1.165) is 25.0 Å². The molecule has 1 heterocycles. The van der Waals surface area contributed by atoms with Crippen LogP contribution in [-0.4, -0.2) is 13.2 Å². The average Bonchev–Trinajstić information content (AvgIpc) is 3.08. The maximum absolute atomic E-state index is 13.0. The van der Waals surface area contributed by atoms with Crippen LogP contribution >= 0.6 is 0 Å². The van der Waals surface area contributed by atoms with E-state index in [2.05, 4.69) is 24.3 Å². The van der Waals surface area contributed by atoms with E-state index in [0.29, 0.717) is 19.1 Å². The third kappa shape index (κ3) is 5.02. The Labute approximate surface area is 142 Å². The normalized spacial score (nSPS) is 20.7. The minimum atomic E-state index is -0.202. The highest BCUT2D eigenvalue weighted by molar-refractivity contribution is 5.19. The van der Waals surface area contributed by atoms with Gasteiger partial charge in [-0.25, -0.2) is 4.39 Å². The molecule has 0 spiro atoms. The van der Waals surface area contributed by atoms with Crippen LogP contribution in [-0.2, 0) is 16.1 Å². The second-order valence-corrected chi connectivity index (χ2v) is 6.18. The van der Waals surface area contributed by atoms with Gasteiger partial charge in [-0.05, 0) is 42.0 Å². The summed E-state index contributed by atoms with van der Waals surface area (Å²) in [5.41, 5.74) is 2.26. The third-order valence-corrected chi connectivity index (χ3v) is 4.28. The molecular formula is C21H23FO2. The summed E-state index contributed by atoms with van der Waals surface area (Å²) in [5, 5.41) is 0. The van der Waals surface area contributed by atoms with E-state index in [1.165, 1.54) is 17.7 Å². The Morgan fingerprint density at radius 3 is 2.62 bits per heavy atom. The van der Waals surface area contributed by atoms with Gasteiger partial charge >= 0.3 is 0 Å². The molecule has 126 valence electrons. The molecule has 0 radical (unpaired) electrons. The molecule has 2 aromatic carbocycles. The molecule has 0 N–H and O–H groups in total. The van der Waals surface area contributed by atoms with Gasteiger partial charge in [0.05, 0.1) is 25.9 Å². The van der Waals surface area contributed by atoms with Crippen molar-refractivity contribution in [1.82, 2.24) is 0 Å². The third-order valence-electron chi connectivity index (χ3n) is 4.28. The van der Waals surface area contributed by atoms with Gasteiger partial charge in [-0.3, -0.25) is 0 Å². The summed E-state index contributed by atoms with van der Waals surface area (Å²) in [6, 6.07) is 16.8. The van der Waals surface area contributed by atoms with Gasteiger partial charge in [0.25, 0.3) is 0 Å².